The van der Waals surface area contributed by atoms with Crippen molar-refractivity contribution in [3.63, 3.8) is 0 Å². The number of carbonyl (C=O) groups is 1. The van der Waals surface area contributed by atoms with Crippen LogP contribution in [0.1, 0.15) is 38.5 Å². The highest BCUT2D eigenvalue weighted by molar-refractivity contribution is 5.76. The summed E-state index contributed by atoms with van der Waals surface area (Å²) < 4.78 is 6.20. The third-order valence-electron chi connectivity index (χ3n) is 5.72. The van der Waals surface area contributed by atoms with Crippen molar-refractivity contribution < 1.29 is 9.53 Å². The number of amides is 1. The van der Waals surface area contributed by atoms with E-state index in [0.29, 0.717) is 18.2 Å². The molecular weight excluding hydrogens is 304 g/mol. The van der Waals surface area contributed by atoms with Gasteiger partial charge in [-0.15, -0.1) is 0 Å². The van der Waals surface area contributed by atoms with Gasteiger partial charge in [0.2, 0.25) is 11.9 Å². The van der Waals surface area contributed by atoms with E-state index in [-0.39, 0.29) is 5.60 Å². The molecule has 130 valence electrons. The van der Waals surface area contributed by atoms with E-state index < -0.39 is 0 Å². The molecule has 0 aliphatic carbocycles. The molecule has 4 rings (SSSR count). The van der Waals surface area contributed by atoms with Crippen LogP contribution in [-0.4, -0.2) is 59.2 Å². The Morgan fingerprint density at radius 1 is 1.17 bits per heavy atom. The van der Waals surface area contributed by atoms with Crippen molar-refractivity contribution in [3.05, 3.63) is 18.5 Å². The molecule has 0 N–H and O–H groups in total. The zero-order valence-corrected chi connectivity index (χ0v) is 14.2. The average molecular weight is 330 g/mol. The number of rotatable bonds is 3. The summed E-state index contributed by atoms with van der Waals surface area (Å²) in [5.74, 6) is 1.53. The Morgan fingerprint density at radius 3 is 2.58 bits per heavy atom. The summed E-state index contributed by atoms with van der Waals surface area (Å²) in [7, 11) is 0. The van der Waals surface area contributed by atoms with Gasteiger partial charge in [-0.25, -0.2) is 9.97 Å². The molecule has 3 aliphatic heterocycles. The minimum Gasteiger partial charge on any atom is -0.375 e. The lowest BCUT2D eigenvalue weighted by atomic mass is 9.84. The van der Waals surface area contributed by atoms with Crippen molar-refractivity contribution >= 4 is 11.9 Å². The third-order valence-corrected chi connectivity index (χ3v) is 5.72. The lowest BCUT2D eigenvalue weighted by Crippen LogP contribution is -2.44. The average Bonchev–Trinajstić information content (AvgIpc) is 3.27. The van der Waals surface area contributed by atoms with Crippen molar-refractivity contribution in [1.82, 2.24) is 14.9 Å². The number of aromatic nitrogens is 2. The first-order valence-electron chi connectivity index (χ1n) is 9.18. The quantitative estimate of drug-likeness (QED) is 0.847. The van der Waals surface area contributed by atoms with Gasteiger partial charge in [0.05, 0.1) is 12.2 Å². The van der Waals surface area contributed by atoms with E-state index >= 15 is 0 Å². The van der Waals surface area contributed by atoms with Crippen LogP contribution in [0.25, 0.3) is 0 Å². The van der Waals surface area contributed by atoms with Crippen LogP contribution in [0.4, 0.5) is 5.95 Å². The first kappa shape index (κ1) is 15.8. The van der Waals surface area contributed by atoms with Crippen LogP contribution in [0.5, 0.6) is 0 Å². The van der Waals surface area contributed by atoms with Gasteiger partial charge in [0.25, 0.3) is 0 Å². The molecule has 0 saturated carbocycles. The molecule has 1 spiro atoms. The fraction of sp³-hybridized carbons (Fsp3) is 0.722. The molecule has 0 aromatic carbocycles. The number of piperidine rings is 1. The molecule has 6 nitrogen and oxygen atoms in total. The smallest absolute Gasteiger partial charge is 0.225 e. The second-order valence-electron chi connectivity index (χ2n) is 7.39. The van der Waals surface area contributed by atoms with Crippen LogP contribution >= 0.6 is 0 Å². The van der Waals surface area contributed by atoms with Gasteiger partial charge in [-0.3, -0.25) is 4.79 Å². The molecule has 0 bridgehead atoms. The van der Waals surface area contributed by atoms with Crippen molar-refractivity contribution in [2.24, 2.45) is 5.92 Å². The Kier molecular flexibility index (Phi) is 4.39. The van der Waals surface area contributed by atoms with Gasteiger partial charge in [0, 0.05) is 45.0 Å². The van der Waals surface area contributed by atoms with E-state index in [4.69, 9.17) is 4.74 Å². The van der Waals surface area contributed by atoms with Crippen LogP contribution in [-0.2, 0) is 9.53 Å². The summed E-state index contributed by atoms with van der Waals surface area (Å²) in [5.41, 5.74) is -0.0266. The molecule has 1 amide bonds. The Hall–Kier alpha value is -1.69. The fourth-order valence-corrected chi connectivity index (χ4v) is 4.33. The second-order valence-corrected chi connectivity index (χ2v) is 7.39. The molecule has 4 heterocycles. The number of hydrogen-bond donors (Lipinski definition) is 0. The van der Waals surface area contributed by atoms with Crippen molar-refractivity contribution in [3.8, 4) is 0 Å². The Morgan fingerprint density at radius 2 is 1.88 bits per heavy atom. The number of ether oxygens (including phenoxy) is 1. The van der Waals surface area contributed by atoms with Gasteiger partial charge in [0.15, 0.2) is 0 Å². The number of likely N-dealkylation sites (tertiary alicyclic amines) is 1. The Balaban J connectivity index is 1.29. The highest BCUT2D eigenvalue weighted by Gasteiger charge is 2.43. The standard InChI is InChI=1S/C18H26N4O2/c23-16(21-8-1-2-9-21)12-15-13-18(24-14-15)4-10-22(11-5-18)17-19-6-3-7-20-17/h3,6-7,15H,1-2,4-5,8-14H2/t15-/m1/s1. The summed E-state index contributed by atoms with van der Waals surface area (Å²) in [6.07, 6.45) is 9.59. The fourth-order valence-electron chi connectivity index (χ4n) is 4.33. The Bertz CT molecular complexity index is 566. The highest BCUT2D eigenvalue weighted by atomic mass is 16.5. The first-order valence-corrected chi connectivity index (χ1v) is 9.18. The topological polar surface area (TPSA) is 58.6 Å². The van der Waals surface area contributed by atoms with Crippen LogP contribution in [0.2, 0.25) is 0 Å². The van der Waals surface area contributed by atoms with Gasteiger partial charge in [-0.1, -0.05) is 0 Å². The summed E-state index contributed by atoms with van der Waals surface area (Å²) in [4.78, 5) is 25.3. The molecule has 3 fully saturated rings. The maximum Gasteiger partial charge on any atom is 0.225 e. The normalized spacial score (nSPS) is 26.2. The largest absolute Gasteiger partial charge is 0.375 e. The van der Waals surface area contributed by atoms with Crippen molar-refractivity contribution in [2.75, 3.05) is 37.7 Å². The minimum absolute atomic E-state index is 0.0266. The van der Waals surface area contributed by atoms with Gasteiger partial charge in [-0.2, -0.15) is 0 Å². The van der Waals surface area contributed by atoms with E-state index in [0.717, 1.165) is 70.8 Å². The van der Waals surface area contributed by atoms with Crippen LogP contribution in [0.3, 0.4) is 0 Å². The molecular formula is C18H26N4O2. The van der Waals surface area contributed by atoms with Crippen LogP contribution < -0.4 is 4.90 Å². The maximum absolute atomic E-state index is 12.4. The predicted octanol–water partition coefficient (Wildman–Crippen LogP) is 1.86. The highest BCUT2D eigenvalue weighted by Crippen LogP contribution is 2.40. The molecule has 0 unspecified atom stereocenters. The molecule has 3 saturated heterocycles. The summed E-state index contributed by atoms with van der Waals surface area (Å²) >= 11 is 0. The van der Waals surface area contributed by atoms with E-state index in [1.54, 1.807) is 12.4 Å². The van der Waals surface area contributed by atoms with E-state index in [1.165, 1.54) is 0 Å². The molecule has 1 aromatic rings. The number of anilines is 1. The van der Waals surface area contributed by atoms with Crippen LogP contribution in [0, 0.1) is 5.92 Å². The molecule has 0 radical (unpaired) electrons. The lowest BCUT2D eigenvalue weighted by molar-refractivity contribution is -0.131. The summed E-state index contributed by atoms with van der Waals surface area (Å²) in [5, 5.41) is 0. The summed E-state index contributed by atoms with van der Waals surface area (Å²) in [6, 6.07) is 1.84. The zero-order chi connectivity index (χ0) is 16.4. The van der Waals surface area contributed by atoms with Crippen molar-refractivity contribution in [2.45, 2.75) is 44.1 Å². The van der Waals surface area contributed by atoms with Gasteiger partial charge in [0.1, 0.15) is 0 Å². The van der Waals surface area contributed by atoms with Crippen LogP contribution in [0.15, 0.2) is 18.5 Å². The predicted molar refractivity (Wildman–Crippen MR) is 90.7 cm³/mol. The number of carbonyl (C=O) groups excluding carboxylic acids is 1. The zero-order valence-electron chi connectivity index (χ0n) is 14.2. The molecule has 1 aromatic heterocycles. The monoisotopic (exact) mass is 330 g/mol. The molecule has 3 aliphatic rings. The van der Waals surface area contributed by atoms with Crippen molar-refractivity contribution in [1.29, 1.82) is 0 Å². The molecule has 24 heavy (non-hydrogen) atoms. The van der Waals surface area contributed by atoms with Gasteiger partial charge < -0.3 is 14.5 Å². The molecule has 6 heteroatoms. The van der Waals surface area contributed by atoms with Gasteiger partial charge in [-0.05, 0) is 44.1 Å². The van der Waals surface area contributed by atoms with E-state index in [9.17, 15) is 4.79 Å². The summed E-state index contributed by atoms with van der Waals surface area (Å²) in [6.45, 7) is 4.49. The first-order chi connectivity index (χ1) is 11.7. The Labute approximate surface area is 143 Å². The maximum atomic E-state index is 12.4. The third kappa shape index (κ3) is 3.24. The minimum atomic E-state index is -0.0266. The van der Waals surface area contributed by atoms with E-state index in [1.807, 2.05) is 11.0 Å². The number of nitrogens with zero attached hydrogens (tertiary/aromatic N) is 4. The SMILES string of the molecule is O=C(C[C@H]1COC2(CCN(c3ncccn3)CC2)C1)N1CCCC1. The second kappa shape index (κ2) is 6.67. The molecule has 1 atom stereocenters. The number of hydrogen-bond acceptors (Lipinski definition) is 5. The lowest BCUT2D eigenvalue weighted by Gasteiger charge is -2.38. The van der Waals surface area contributed by atoms with Gasteiger partial charge >= 0.3 is 0 Å². The van der Waals surface area contributed by atoms with E-state index in [2.05, 4.69) is 14.9 Å².